The molecule has 0 aromatic carbocycles. The number of rotatable bonds is 4. The molecule has 1 atom stereocenters. The molecule has 2 heterocycles. The minimum absolute atomic E-state index is 0. The molecular formula is C12H21Cl2N3OS. The lowest BCUT2D eigenvalue weighted by Gasteiger charge is -2.23. The van der Waals surface area contributed by atoms with Crippen molar-refractivity contribution in [3.8, 4) is 0 Å². The SMILES string of the molecule is CCc1nc(CC(=O)N2CCCC2CN)cs1.Cl.Cl. The molecule has 2 N–H and O–H groups in total. The second kappa shape index (κ2) is 8.74. The summed E-state index contributed by atoms with van der Waals surface area (Å²) in [4.78, 5) is 18.5. The minimum atomic E-state index is 0. The molecule has 1 fully saturated rings. The second-order valence-corrected chi connectivity index (χ2v) is 5.32. The number of hydrogen-bond acceptors (Lipinski definition) is 4. The van der Waals surface area contributed by atoms with E-state index in [1.165, 1.54) is 0 Å². The highest BCUT2D eigenvalue weighted by Crippen LogP contribution is 2.18. The number of likely N-dealkylation sites (tertiary alicyclic amines) is 1. The molecule has 0 radical (unpaired) electrons. The Balaban J connectivity index is 0.00000162. The van der Waals surface area contributed by atoms with Crippen molar-refractivity contribution in [1.29, 1.82) is 0 Å². The number of amides is 1. The van der Waals surface area contributed by atoms with Gasteiger partial charge in [-0.2, -0.15) is 0 Å². The molecule has 0 aliphatic carbocycles. The van der Waals surface area contributed by atoms with Gasteiger partial charge in [0.05, 0.1) is 17.1 Å². The highest BCUT2D eigenvalue weighted by Gasteiger charge is 2.27. The molecule has 7 heteroatoms. The van der Waals surface area contributed by atoms with Crippen LogP contribution in [0.2, 0.25) is 0 Å². The first-order valence-corrected chi connectivity index (χ1v) is 7.05. The summed E-state index contributed by atoms with van der Waals surface area (Å²) in [7, 11) is 0. The third-order valence-electron chi connectivity index (χ3n) is 3.20. The van der Waals surface area contributed by atoms with Gasteiger partial charge in [0, 0.05) is 24.5 Å². The van der Waals surface area contributed by atoms with Gasteiger partial charge in [-0.15, -0.1) is 36.2 Å². The Morgan fingerprint density at radius 2 is 2.32 bits per heavy atom. The molecule has 19 heavy (non-hydrogen) atoms. The molecule has 2 rings (SSSR count). The minimum Gasteiger partial charge on any atom is -0.338 e. The van der Waals surface area contributed by atoms with Gasteiger partial charge in [-0.25, -0.2) is 4.98 Å². The first kappa shape index (κ1) is 18.6. The maximum absolute atomic E-state index is 12.1. The lowest BCUT2D eigenvalue weighted by Crippen LogP contribution is -2.40. The zero-order valence-electron chi connectivity index (χ0n) is 11.0. The van der Waals surface area contributed by atoms with Crippen LogP contribution in [0.25, 0.3) is 0 Å². The topological polar surface area (TPSA) is 59.2 Å². The average molecular weight is 326 g/mol. The van der Waals surface area contributed by atoms with Gasteiger partial charge in [-0.1, -0.05) is 6.92 Å². The normalized spacial score (nSPS) is 17.8. The van der Waals surface area contributed by atoms with E-state index < -0.39 is 0 Å². The Morgan fingerprint density at radius 3 is 2.89 bits per heavy atom. The molecule has 110 valence electrons. The van der Waals surface area contributed by atoms with Gasteiger partial charge in [-0.05, 0) is 19.3 Å². The van der Waals surface area contributed by atoms with Crippen molar-refractivity contribution in [1.82, 2.24) is 9.88 Å². The van der Waals surface area contributed by atoms with Crippen LogP contribution in [0.3, 0.4) is 0 Å². The first-order chi connectivity index (χ1) is 8.24. The summed E-state index contributed by atoms with van der Waals surface area (Å²) >= 11 is 1.63. The molecule has 1 saturated heterocycles. The number of halogens is 2. The molecule has 1 unspecified atom stereocenters. The van der Waals surface area contributed by atoms with E-state index in [0.717, 1.165) is 36.5 Å². The number of carbonyl (C=O) groups excluding carboxylic acids is 1. The van der Waals surface area contributed by atoms with E-state index in [1.807, 2.05) is 10.3 Å². The van der Waals surface area contributed by atoms with Crippen LogP contribution in [0.5, 0.6) is 0 Å². The molecule has 0 saturated carbocycles. The summed E-state index contributed by atoms with van der Waals surface area (Å²) in [5, 5.41) is 3.09. The van der Waals surface area contributed by atoms with Crippen LogP contribution in [0, 0.1) is 0 Å². The van der Waals surface area contributed by atoms with Gasteiger partial charge in [0.25, 0.3) is 0 Å². The summed E-state index contributed by atoms with van der Waals surface area (Å²) in [6.07, 6.45) is 3.48. The van der Waals surface area contributed by atoms with Crippen LogP contribution in [0.15, 0.2) is 5.38 Å². The molecule has 4 nitrogen and oxygen atoms in total. The van der Waals surface area contributed by atoms with E-state index in [2.05, 4.69) is 11.9 Å². The Bertz CT molecular complexity index is 400. The predicted molar refractivity (Wildman–Crippen MR) is 83.5 cm³/mol. The molecule has 1 aliphatic heterocycles. The van der Waals surface area contributed by atoms with Crippen molar-refractivity contribution in [2.75, 3.05) is 13.1 Å². The van der Waals surface area contributed by atoms with Crippen molar-refractivity contribution in [3.05, 3.63) is 16.1 Å². The van der Waals surface area contributed by atoms with Gasteiger partial charge in [0.1, 0.15) is 0 Å². The third kappa shape index (κ3) is 4.60. The van der Waals surface area contributed by atoms with Crippen LogP contribution in [0.1, 0.15) is 30.5 Å². The molecule has 1 aliphatic rings. The quantitative estimate of drug-likeness (QED) is 0.921. The summed E-state index contributed by atoms with van der Waals surface area (Å²) in [5.41, 5.74) is 6.58. The summed E-state index contributed by atoms with van der Waals surface area (Å²) in [6, 6.07) is 0.242. The zero-order chi connectivity index (χ0) is 12.3. The second-order valence-electron chi connectivity index (χ2n) is 4.38. The fraction of sp³-hybridized carbons (Fsp3) is 0.667. The smallest absolute Gasteiger partial charge is 0.228 e. The van der Waals surface area contributed by atoms with Gasteiger partial charge < -0.3 is 10.6 Å². The van der Waals surface area contributed by atoms with Crippen LogP contribution in [-0.4, -0.2) is 34.9 Å². The van der Waals surface area contributed by atoms with Crippen LogP contribution < -0.4 is 5.73 Å². The van der Waals surface area contributed by atoms with Crippen molar-refractivity contribution >= 4 is 42.1 Å². The maximum Gasteiger partial charge on any atom is 0.228 e. The molecule has 1 aromatic rings. The van der Waals surface area contributed by atoms with Gasteiger partial charge in [0.2, 0.25) is 5.91 Å². The number of hydrogen-bond donors (Lipinski definition) is 1. The third-order valence-corrected chi connectivity index (χ3v) is 4.25. The summed E-state index contributed by atoms with van der Waals surface area (Å²) < 4.78 is 0. The van der Waals surface area contributed by atoms with Crippen molar-refractivity contribution in [3.63, 3.8) is 0 Å². The van der Waals surface area contributed by atoms with E-state index >= 15 is 0 Å². The van der Waals surface area contributed by atoms with Crippen LogP contribution in [-0.2, 0) is 17.6 Å². The maximum atomic E-state index is 12.1. The van der Waals surface area contributed by atoms with Gasteiger partial charge in [0.15, 0.2) is 0 Å². The van der Waals surface area contributed by atoms with Gasteiger partial charge in [-0.3, -0.25) is 4.79 Å². The van der Waals surface area contributed by atoms with E-state index in [9.17, 15) is 4.79 Å². The van der Waals surface area contributed by atoms with Crippen molar-refractivity contribution in [2.24, 2.45) is 5.73 Å². The molecule has 0 bridgehead atoms. The summed E-state index contributed by atoms with van der Waals surface area (Å²) in [6.45, 7) is 3.50. The van der Waals surface area contributed by atoms with Crippen molar-refractivity contribution in [2.45, 2.75) is 38.6 Å². The lowest BCUT2D eigenvalue weighted by atomic mass is 10.2. The van der Waals surface area contributed by atoms with Crippen molar-refractivity contribution < 1.29 is 4.79 Å². The molecule has 1 amide bonds. The highest BCUT2D eigenvalue weighted by molar-refractivity contribution is 7.09. The van der Waals surface area contributed by atoms with Crippen LogP contribution >= 0.6 is 36.2 Å². The Morgan fingerprint density at radius 1 is 1.58 bits per heavy atom. The Labute approximate surface area is 130 Å². The molecule has 1 aromatic heterocycles. The van der Waals surface area contributed by atoms with E-state index in [1.54, 1.807) is 11.3 Å². The summed E-state index contributed by atoms with van der Waals surface area (Å²) in [5.74, 6) is 0.172. The number of nitrogens with zero attached hydrogens (tertiary/aromatic N) is 2. The fourth-order valence-electron chi connectivity index (χ4n) is 2.26. The average Bonchev–Trinajstić information content (AvgIpc) is 2.96. The fourth-order valence-corrected chi connectivity index (χ4v) is 3.00. The number of thiazole rings is 1. The number of aromatic nitrogens is 1. The highest BCUT2D eigenvalue weighted by atomic mass is 35.5. The number of carbonyl (C=O) groups is 1. The first-order valence-electron chi connectivity index (χ1n) is 6.17. The van der Waals surface area contributed by atoms with Crippen LogP contribution in [0.4, 0.5) is 0 Å². The largest absolute Gasteiger partial charge is 0.338 e. The monoisotopic (exact) mass is 325 g/mol. The zero-order valence-corrected chi connectivity index (χ0v) is 13.5. The molecule has 0 spiro atoms. The number of nitrogens with two attached hydrogens (primary N) is 1. The van der Waals surface area contributed by atoms with E-state index in [0.29, 0.717) is 13.0 Å². The Hall–Kier alpha value is -0.360. The Kier molecular flexibility index (Phi) is 8.57. The number of aryl methyl sites for hydroxylation is 1. The predicted octanol–water partition coefficient (Wildman–Crippen LogP) is 2.04. The van der Waals surface area contributed by atoms with E-state index in [-0.39, 0.29) is 36.8 Å². The lowest BCUT2D eigenvalue weighted by molar-refractivity contribution is -0.131. The molecular weight excluding hydrogens is 305 g/mol. The van der Waals surface area contributed by atoms with Gasteiger partial charge >= 0.3 is 0 Å². The standard InChI is InChI=1S/C12H19N3OS.2ClH/c1-2-11-14-9(8-17-11)6-12(16)15-5-3-4-10(15)7-13;;/h8,10H,2-7,13H2,1H3;2*1H. The van der Waals surface area contributed by atoms with E-state index in [4.69, 9.17) is 5.73 Å².